The minimum Gasteiger partial charge on any atom is -0.294 e. The highest BCUT2D eigenvalue weighted by molar-refractivity contribution is 7.86. The molecule has 0 saturated carbocycles. The summed E-state index contributed by atoms with van der Waals surface area (Å²) in [7, 11) is -0.687. The highest BCUT2D eigenvalue weighted by Crippen LogP contribution is 2.39. The van der Waals surface area contributed by atoms with Crippen LogP contribution in [0.1, 0.15) is 41.6 Å². The lowest BCUT2D eigenvalue weighted by Gasteiger charge is -2.26. The molecule has 1 aromatic rings. The van der Waals surface area contributed by atoms with Gasteiger partial charge in [0.05, 0.1) is 0 Å². The minimum absolute atomic E-state index is 0.0651. The van der Waals surface area contributed by atoms with Crippen molar-refractivity contribution < 1.29 is 9.00 Å². The molecule has 19 heavy (non-hydrogen) atoms. The smallest absolute Gasteiger partial charge is 0.166 e. The number of carbonyl (C=O) groups excluding carboxylic acids is 1. The van der Waals surface area contributed by atoms with E-state index < -0.39 is 10.8 Å². The largest absolute Gasteiger partial charge is 0.294 e. The molecule has 0 radical (unpaired) electrons. The third-order valence-electron chi connectivity index (χ3n) is 4.34. The Labute approximate surface area is 116 Å². The van der Waals surface area contributed by atoms with Gasteiger partial charge in [0.1, 0.15) is 0 Å². The van der Waals surface area contributed by atoms with Crippen LogP contribution in [0, 0.1) is 5.92 Å². The SMILES string of the molecule is C=Cc1cccc(C(=O)C2CC3CCC(C2)S3=O)c1. The van der Waals surface area contributed by atoms with E-state index in [1.54, 1.807) is 6.08 Å². The highest BCUT2D eigenvalue weighted by atomic mass is 32.2. The topological polar surface area (TPSA) is 34.1 Å². The molecule has 2 heterocycles. The molecule has 2 aliphatic rings. The molecule has 2 bridgehead atoms. The molecule has 0 amide bonds. The summed E-state index contributed by atoms with van der Waals surface area (Å²) in [4.78, 5) is 12.6. The molecule has 2 nitrogen and oxygen atoms in total. The summed E-state index contributed by atoms with van der Waals surface area (Å²) in [5, 5.41) is 0.519. The van der Waals surface area contributed by atoms with Crippen LogP contribution in [0.2, 0.25) is 0 Å². The fraction of sp³-hybridized carbons (Fsp3) is 0.438. The fourth-order valence-electron chi connectivity index (χ4n) is 3.30. The Kier molecular flexibility index (Phi) is 3.40. The zero-order valence-electron chi connectivity index (χ0n) is 10.9. The van der Waals surface area contributed by atoms with E-state index in [1.165, 1.54) is 0 Å². The molecule has 3 rings (SSSR count). The molecule has 1 aromatic carbocycles. The third-order valence-corrected chi connectivity index (χ3v) is 6.51. The number of benzene rings is 1. The van der Waals surface area contributed by atoms with E-state index in [2.05, 4.69) is 6.58 Å². The van der Waals surface area contributed by atoms with Crippen molar-refractivity contribution in [3.05, 3.63) is 42.0 Å². The van der Waals surface area contributed by atoms with Gasteiger partial charge in [-0.1, -0.05) is 30.9 Å². The maximum absolute atomic E-state index is 12.6. The first kappa shape index (κ1) is 12.8. The number of ketones is 1. The predicted octanol–water partition coefficient (Wildman–Crippen LogP) is 3.20. The molecular formula is C16H18O2S. The fourth-order valence-corrected chi connectivity index (χ4v) is 5.43. The number of carbonyl (C=O) groups is 1. The predicted molar refractivity (Wildman–Crippen MR) is 78.5 cm³/mol. The van der Waals surface area contributed by atoms with Crippen LogP contribution in [-0.2, 0) is 10.8 Å². The Hall–Kier alpha value is -1.22. The van der Waals surface area contributed by atoms with Crippen LogP contribution in [0.25, 0.3) is 6.08 Å². The van der Waals surface area contributed by atoms with Crippen LogP contribution < -0.4 is 0 Å². The number of rotatable bonds is 3. The molecule has 100 valence electrons. The van der Waals surface area contributed by atoms with Gasteiger partial charge in [0, 0.05) is 32.8 Å². The summed E-state index contributed by atoms with van der Waals surface area (Å²) >= 11 is 0. The van der Waals surface area contributed by atoms with E-state index in [9.17, 15) is 9.00 Å². The molecule has 2 atom stereocenters. The van der Waals surface area contributed by atoms with Gasteiger partial charge in [-0.05, 0) is 37.3 Å². The summed E-state index contributed by atoms with van der Waals surface area (Å²) < 4.78 is 12.0. The summed E-state index contributed by atoms with van der Waals surface area (Å²) in [6, 6.07) is 7.63. The van der Waals surface area contributed by atoms with Gasteiger partial charge in [0.2, 0.25) is 0 Å². The molecule has 2 unspecified atom stereocenters. The molecule has 2 saturated heterocycles. The number of Topliss-reactive ketones (excluding diaryl/α,β-unsaturated/α-hetero) is 1. The van der Waals surface area contributed by atoms with Gasteiger partial charge in [-0.25, -0.2) is 0 Å². The van der Waals surface area contributed by atoms with Crippen molar-refractivity contribution in [1.82, 2.24) is 0 Å². The average molecular weight is 274 g/mol. The average Bonchev–Trinajstić information content (AvgIpc) is 2.68. The molecule has 0 N–H and O–H groups in total. The van der Waals surface area contributed by atoms with Crippen LogP contribution in [0.15, 0.2) is 30.8 Å². The van der Waals surface area contributed by atoms with E-state index in [-0.39, 0.29) is 22.2 Å². The Morgan fingerprint density at radius 3 is 2.58 bits per heavy atom. The second-order valence-corrected chi connectivity index (χ2v) is 7.50. The van der Waals surface area contributed by atoms with Crippen molar-refractivity contribution in [3.63, 3.8) is 0 Å². The Morgan fingerprint density at radius 2 is 1.95 bits per heavy atom. The molecule has 0 spiro atoms. The maximum Gasteiger partial charge on any atom is 0.166 e. The number of hydrogen-bond donors (Lipinski definition) is 0. The Bertz CT molecular complexity index is 533. The van der Waals surface area contributed by atoms with Crippen molar-refractivity contribution in [3.8, 4) is 0 Å². The first-order chi connectivity index (χ1) is 9.19. The lowest BCUT2D eigenvalue weighted by Crippen LogP contribution is -2.32. The maximum atomic E-state index is 12.6. The van der Waals surface area contributed by atoms with Crippen LogP contribution in [0.4, 0.5) is 0 Å². The second kappa shape index (κ2) is 5.04. The molecular weight excluding hydrogens is 256 g/mol. The number of hydrogen-bond acceptors (Lipinski definition) is 2. The third kappa shape index (κ3) is 2.32. The van der Waals surface area contributed by atoms with Crippen molar-refractivity contribution >= 4 is 22.7 Å². The van der Waals surface area contributed by atoms with Crippen LogP contribution >= 0.6 is 0 Å². The van der Waals surface area contributed by atoms with Crippen LogP contribution in [-0.4, -0.2) is 20.5 Å². The van der Waals surface area contributed by atoms with E-state index in [1.807, 2.05) is 24.3 Å². The van der Waals surface area contributed by atoms with Gasteiger partial charge in [0.25, 0.3) is 0 Å². The van der Waals surface area contributed by atoms with Crippen molar-refractivity contribution in [2.45, 2.75) is 36.2 Å². The Morgan fingerprint density at radius 1 is 1.26 bits per heavy atom. The van der Waals surface area contributed by atoms with E-state index >= 15 is 0 Å². The van der Waals surface area contributed by atoms with E-state index in [4.69, 9.17) is 0 Å². The van der Waals surface area contributed by atoms with Crippen molar-refractivity contribution in [1.29, 1.82) is 0 Å². The van der Waals surface area contributed by atoms with Gasteiger partial charge in [-0.3, -0.25) is 9.00 Å². The standard InChI is InChI=1S/C16H18O2S/c1-2-11-4-3-5-12(8-11)16(17)13-9-14-6-7-15(10-13)19(14)18/h2-5,8,13-15H,1,6-7,9-10H2. The molecule has 0 aromatic heterocycles. The van der Waals surface area contributed by atoms with E-state index in [0.717, 1.165) is 36.8 Å². The lowest BCUT2D eigenvalue weighted by atomic mass is 9.90. The van der Waals surface area contributed by atoms with Crippen molar-refractivity contribution in [2.75, 3.05) is 0 Å². The van der Waals surface area contributed by atoms with Crippen molar-refractivity contribution in [2.24, 2.45) is 5.92 Å². The first-order valence-corrected chi connectivity index (χ1v) is 8.12. The lowest BCUT2D eigenvalue weighted by molar-refractivity contribution is 0.0906. The summed E-state index contributed by atoms with van der Waals surface area (Å²) in [5.41, 5.74) is 1.75. The van der Waals surface area contributed by atoms with Crippen LogP contribution in [0.5, 0.6) is 0 Å². The monoisotopic (exact) mass is 274 g/mol. The normalized spacial score (nSPS) is 33.1. The van der Waals surface area contributed by atoms with Gasteiger partial charge < -0.3 is 0 Å². The zero-order valence-corrected chi connectivity index (χ0v) is 11.7. The summed E-state index contributed by atoms with van der Waals surface area (Å²) in [5.74, 6) is 0.285. The van der Waals surface area contributed by atoms with Crippen LogP contribution in [0.3, 0.4) is 0 Å². The molecule has 2 aliphatic heterocycles. The quantitative estimate of drug-likeness (QED) is 0.793. The number of fused-ring (bicyclic) bond motifs is 2. The zero-order chi connectivity index (χ0) is 13.4. The first-order valence-electron chi connectivity index (χ1n) is 6.85. The summed E-state index contributed by atoms with van der Waals surface area (Å²) in [6.07, 6.45) is 5.44. The van der Waals surface area contributed by atoms with Gasteiger partial charge in [0.15, 0.2) is 5.78 Å². The summed E-state index contributed by atoms with van der Waals surface area (Å²) in [6.45, 7) is 3.74. The van der Waals surface area contributed by atoms with Gasteiger partial charge in [-0.15, -0.1) is 0 Å². The highest BCUT2D eigenvalue weighted by Gasteiger charge is 2.42. The van der Waals surface area contributed by atoms with E-state index in [0.29, 0.717) is 0 Å². The van der Waals surface area contributed by atoms with Gasteiger partial charge in [-0.2, -0.15) is 0 Å². The molecule has 3 heteroatoms. The van der Waals surface area contributed by atoms with Gasteiger partial charge >= 0.3 is 0 Å². The Balaban J connectivity index is 1.81. The molecule has 0 aliphatic carbocycles. The minimum atomic E-state index is -0.687. The second-order valence-electron chi connectivity index (χ2n) is 5.51. The molecule has 2 fully saturated rings.